The molecule has 0 spiro atoms. The highest BCUT2D eigenvalue weighted by Gasteiger charge is 2.51. The number of carbonyl (C=O) groups excluding carboxylic acids is 3. The van der Waals surface area contributed by atoms with Gasteiger partial charge in [-0.15, -0.1) is 0 Å². The van der Waals surface area contributed by atoms with E-state index in [1.54, 1.807) is 25.1 Å². The maximum atomic E-state index is 13.3. The second kappa shape index (κ2) is 7.14. The lowest BCUT2D eigenvalue weighted by Crippen LogP contribution is -2.44. The Kier molecular flexibility index (Phi) is 4.61. The number of aromatic amines is 2. The van der Waals surface area contributed by atoms with Gasteiger partial charge in [0.1, 0.15) is 17.9 Å². The first kappa shape index (κ1) is 19.4. The number of halogens is 1. The molecule has 1 saturated heterocycles. The van der Waals surface area contributed by atoms with Crippen LogP contribution in [0.3, 0.4) is 0 Å². The number of nitrogens with zero attached hydrogens (tertiary/aromatic N) is 1. The predicted molar refractivity (Wildman–Crippen MR) is 106 cm³/mol. The minimum atomic E-state index is -1.35. The summed E-state index contributed by atoms with van der Waals surface area (Å²) in [6.07, 6.45) is 0.235. The summed E-state index contributed by atoms with van der Waals surface area (Å²) in [5.41, 5.74) is 0.205. The van der Waals surface area contributed by atoms with Crippen molar-refractivity contribution in [3.63, 3.8) is 0 Å². The van der Waals surface area contributed by atoms with Crippen LogP contribution in [0.15, 0.2) is 47.3 Å². The van der Waals surface area contributed by atoms with Crippen LogP contribution in [0.25, 0.3) is 11.0 Å². The third-order valence-electron chi connectivity index (χ3n) is 5.14. The van der Waals surface area contributed by atoms with Gasteiger partial charge in [-0.1, -0.05) is 19.1 Å². The topological polar surface area (TPSA) is 127 Å². The average molecular weight is 411 g/mol. The van der Waals surface area contributed by atoms with Gasteiger partial charge in [-0.2, -0.15) is 0 Å². The Hall–Kier alpha value is -3.95. The molecule has 2 aromatic carbocycles. The number of imide groups is 1. The molecule has 0 aliphatic carbocycles. The minimum absolute atomic E-state index is 0.235. The number of amides is 4. The van der Waals surface area contributed by atoms with Crippen LogP contribution in [0.4, 0.5) is 14.9 Å². The van der Waals surface area contributed by atoms with Crippen molar-refractivity contribution in [2.24, 2.45) is 0 Å². The summed E-state index contributed by atoms with van der Waals surface area (Å²) in [6, 6.07) is 9.36. The van der Waals surface area contributed by atoms with Crippen LogP contribution in [0.5, 0.6) is 0 Å². The fraction of sp³-hybridized carbons (Fsp3) is 0.200. The molecule has 1 aliphatic rings. The second-order valence-corrected chi connectivity index (χ2v) is 6.97. The van der Waals surface area contributed by atoms with Crippen molar-refractivity contribution in [1.29, 1.82) is 0 Å². The van der Waals surface area contributed by atoms with Crippen molar-refractivity contribution in [3.8, 4) is 0 Å². The van der Waals surface area contributed by atoms with E-state index in [0.717, 1.165) is 4.90 Å². The molecule has 2 heterocycles. The van der Waals surface area contributed by atoms with E-state index in [-0.39, 0.29) is 12.1 Å². The van der Waals surface area contributed by atoms with E-state index in [0.29, 0.717) is 22.3 Å². The zero-order valence-electron chi connectivity index (χ0n) is 15.9. The molecule has 1 fully saturated rings. The summed E-state index contributed by atoms with van der Waals surface area (Å²) in [6.45, 7) is 1.23. The number of fused-ring (bicyclic) bond motifs is 1. The van der Waals surface area contributed by atoms with Gasteiger partial charge in [0.25, 0.3) is 5.91 Å². The monoisotopic (exact) mass is 411 g/mol. The van der Waals surface area contributed by atoms with Crippen molar-refractivity contribution in [1.82, 2.24) is 20.2 Å². The van der Waals surface area contributed by atoms with Crippen molar-refractivity contribution in [3.05, 3.63) is 64.3 Å². The van der Waals surface area contributed by atoms with Gasteiger partial charge in [0, 0.05) is 5.69 Å². The fourth-order valence-corrected chi connectivity index (χ4v) is 3.60. The molecule has 1 aromatic heterocycles. The fourth-order valence-electron chi connectivity index (χ4n) is 3.60. The third kappa shape index (κ3) is 3.21. The molecule has 0 bridgehead atoms. The van der Waals surface area contributed by atoms with Crippen molar-refractivity contribution >= 4 is 34.6 Å². The number of hydrogen-bond donors (Lipinski definition) is 4. The Morgan fingerprint density at radius 3 is 2.47 bits per heavy atom. The SMILES string of the molecule is CC[C@@]1(c2ccc(F)cc2)NC(=O)N(CC(=O)Nc2ccc3[nH]c(=O)[nH]c3c2)C1=O. The first-order valence-corrected chi connectivity index (χ1v) is 9.24. The number of benzene rings is 2. The quantitative estimate of drug-likeness (QED) is 0.477. The molecule has 4 N–H and O–H groups in total. The van der Waals surface area contributed by atoms with E-state index in [4.69, 9.17) is 0 Å². The van der Waals surface area contributed by atoms with E-state index in [2.05, 4.69) is 20.6 Å². The molecular formula is C20H18FN5O4. The summed E-state index contributed by atoms with van der Waals surface area (Å²) >= 11 is 0. The Morgan fingerprint density at radius 2 is 1.77 bits per heavy atom. The molecule has 9 nitrogen and oxygen atoms in total. The van der Waals surface area contributed by atoms with Gasteiger partial charge in [-0.05, 0) is 42.3 Å². The second-order valence-electron chi connectivity index (χ2n) is 6.97. The third-order valence-corrected chi connectivity index (χ3v) is 5.14. The Morgan fingerprint density at radius 1 is 1.07 bits per heavy atom. The number of rotatable bonds is 5. The van der Waals surface area contributed by atoms with Gasteiger partial charge < -0.3 is 20.6 Å². The summed E-state index contributed by atoms with van der Waals surface area (Å²) in [4.78, 5) is 55.3. The zero-order valence-corrected chi connectivity index (χ0v) is 15.9. The molecule has 30 heavy (non-hydrogen) atoms. The number of nitrogens with one attached hydrogen (secondary N) is 4. The van der Waals surface area contributed by atoms with E-state index in [9.17, 15) is 23.6 Å². The van der Waals surface area contributed by atoms with Gasteiger partial charge in [0.2, 0.25) is 5.91 Å². The number of imidazole rings is 1. The average Bonchev–Trinajstić information content (AvgIpc) is 3.20. The van der Waals surface area contributed by atoms with Crippen LogP contribution in [0, 0.1) is 5.82 Å². The Balaban J connectivity index is 1.52. The predicted octanol–water partition coefficient (Wildman–Crippen LogP) is 1.79. The van der Waals surface area contributed by atoms with Crippen LogP contribution in [0.2, 0.25) is 0 Å². The van der Waals surface area contributed by atoms with Crippen LogP contribution in [-0.2, 0) is 15.1 Å². The van der Waals surface area contributed by atoms with Crippen molar-refractivity contribution in [2.45, 2.75) is 18.9 Å². The Labute approximate surface area is 169 Å². The van der Waals surface area contributed by atoms with Crippen LogP contribution >= 0.6 is 0 Å². The first-order valence-electron chi connectivity index (χ1n) is 9.24. The van der Waals surface area contributed by atoms with E-state index in [1.807, 2.05) is 0 Å². The summed E-state index contributed by atoms with van der Waals surface area (Å²) in [5, 5.41) is 5.25. The summed E-state index contributed by atoms with van der Waals surface area (Å²) in [7, 11) is 0. The van der Waals surface area contributed by atoms with Gasteiger partial charge in [-0.3, -0.25) is 14.5 Å². The van der Waals surface area contributed by atoms with Crippen molar-refractivity contribution < 1.29 is 18.8 Å². The van der Waals surface area contributed by atoms with Gasteiger partial charge in [0.05, 0.1) is 11.0 Å². The highest BCUT2D eigenvalue weighted by Crippen LogP contribution is 2.32. The molecule has 10 heteroatoms. The lowest BCUT2D eigenvalue weighted by molar-refractivity contribution is -0.134. The first-order chi connectivity index (χ1) is 14.3. The zero-order chi connectivity index (χ0) is 21.5. The number of anilines is 1. The number of aromatic nitrogens is 2. The molecule has 1 aliphatic heterocycles. The van der Waals surface area contributed by atoms with Crippen LogP contribution in [0.1, 0.15) is 18.9 Å². The lowest BCUT2D eigenvalue weighted by atomic mass is 9.87. The van der Waals surface area contributed by atoms with Gasteiger partial charge in [-0.25, -0.2) is 14.0 Å². The van der Waals surface area contributed by atoms with Crippen LogP contribution < -0.4 is 16.3 Å². The van der Waals surface area contributed by atoms with E-state index in [1.165, 1.54) is 24.3 Å². The Bertz CT molecular complexity index is 1220. The smallest absolute Gasteiger partial charge is 0.324 e. The largest absolute Gasteiger partial charge is 0.325 e. The summed E-state index contributed by atoms with van der Waals surface area (Å²) < 4.78 is 13.3. The number of hydrogen-bond acceptors (Lipinski definition) is 4. The van der Waals surface area contributed by atoms with E-state index < -0.39 is 35.7 Å². The number of carbonyl (C=O) groups is 3. The van der Waals surface area contributed by atoms with Gasteiger partial charge >= 0.3 is 11.7 Å². The van der Waals surface area contributed by atoms with Crippen LogP contribution in [-0.4, -0.2) is 39.3 Å². The minimum Gasteiger partial charge on any atom is -0.324 e. The molecule has 1 atom stereocenters. The maximum Gasteiger partial charge on any atom is 0.325 e. The summed E-state index contributed by atoms with van der Waals surface area (Å²) in [5.74, 6) is -1.62. The van der Waals surface area contributed by atoms with E-state index >= 15 is 0 Å². The number of urea groups is 1. The molecule has 4 amide bonds. The van der Waals surface area contributed by atoms with Gasteiger partial charge in [0.15, 0.2) is 0 Å². The maximum absolute atomic E-state index is 13.3. The molecule has 0 radical (unpaired) electrons. The molecule has 0 unspecified atom stereocenters. The molecule has 0 saturated carbocycles. The highest BCUT2D eigenvalue weighted by molar-refractivity contribution is 6.10. The standard InChI is InChI=1S/C20H18FN5O4/c1-2-20(11-3-5-12(21)6-4-11)17(28)26(19(30)25-20)10-16(27)22-13-7-8-14-15(9-13)24-18(29)23-14/h3-9H,2,10H2,1H3,(H,22,27)(H,25,30)(H2,23,24,29)/t20-/m0/s1. The normalized spacial score (nSPS) is 18.7. The molecule has 154 valence electrons. The lowest BCUT2D eigenvalue weighted by Gasteiger charge is -2.25. The van der Waals surface area contributed by atoms with Crippen molar-refractivity contribution in [2.75, 3.05) is 11.9 Å². The highest BCUT2D eigenvalue weighted by atomic mass is 19.1. The molecular weight excluding hydrogens is 393 g/mol. The number of H-pyrrole nitrogens is 2. The molecule has 4 rings (SSSR count). The molecule has 3 aromatic rings.